The summed E-state index contributed by atoms with van der Waals surface area (Å²) in [7, 11) is 1.48. The van der Waals surface area contributed by atoms with E-state index in [9.17, 15) is 19.0 Å². The summed E-state index contributed by atoms with van der Waals surface area (Å²) >= 11 is 0. The summed E-state index contributed by atoms with van der Waals surface area (Å²) in [6.45, 7) is 4.38. The van der Waals surface area contributed by atoms with Crippen molar-refractivity contribution in [3.05, 3.63) is 24.3 Å². The van der Waals surface area contributed by atoms with E-state index in [0.717, 1.165) is 44.9 Å². The van der Waals surface area contributed by atoms with Crippen molar-refractivity contribution >= 4 is 19.8 Å². The number of carbonyl (C=O) groups excluding carboxylic acids is 2. The van der Waals surface area contributed by atoms with E-state index >= 15 is 0 Å². The molecule has 0 aromatic carbocycles. The highest BCUT2D eigenvalue weighted by Crippen LogP contribution is 2.43. The minimum atomic E-state index is -4.37. The van der Waals surface area contributed by atoms with Gasteiger partial charge in [0.05, 0.1) is 27.7 Å². The van der Waals surface area contributed by atoms with E-state index in [1.165, 1.54) is 116 Å². The molecule has 0 bridgehead atoms. The van der Waals surface area contributed by atoms with Crippen LogP contribution in [-0.2, 0) is 32.7 Å². The number of nitrogens with zero attached hydrogens (tertiary/aromatic N) is 1. The monoisotopic (exact) mass is 787 g/mol. The van der Waals surface area contributed by atoms with Gasteiger partial charge in [-0.05, 0) is 57.8 Å². The van der Waals surface area contributed by atoms with E-state index in [1.807, 2.05) is 21.1 Å². The van der Waals surface area contributed by atoms with Crippen LogP contribution in [0.2, 0.25) is 0 Å². The maximum Gasteiger partial charge on any atom is 0.472 e. The molecule has 54 heavy (non-hydrogen) atoms. The van der Waals surface area contributed by atoms with Crippen LogP contribution in [-0.4, -0.2) is 74.9 Å². The molecule has 0 aliphatic heterocycles. The lowest BCUT2D eigenvalue weighted by Gasteiger charge is -2.24. The molecule has 10 heteroatoms. The number of ether oxygens (including phenoxy) is 2. The minimum absolute atomic E-state index is 0.0318. The second kappa shape index (κ2) is 37.1. The number of quaternary nitrogens is 1. The van der Waals surface area contributed by atoms with Crippen LogP contribution in [0, 0.1) is 0 Å². The van der Waals surface area contributed by atoms with Crippen LogP contribution in [0.4, 0.5) is 0 Å². The summed E-state index contributed by atoms with van der Waals surface area (Å²) in [6.07, 6.45) is 39.3. The van der Waals surface area contributed by atoms with Gasteiger partial charge in [0.1, 0.15) is 19.8 Å². The fourth-order valence-electron chi connectivity index (χ4n) is 5.93. The highest BCUT2D eigenvalue weighted by atomic mass is 31.2. The normalized spacial score (nSPS) is 13.8. The van der Waals surface area contributed by atoms with Crippen LogP contribution in [0.3, 0.4) is 0 Å². The molecule has 0 saturated heterocycles. The lowest BCUT2D eigenvalue weighted by atomic mass is 10.1. The van der Waals surface area contributed by atoms with Gasteiger partial charge >= 0.3 is 19.8 Å². The molecule has 0 spiro atoms. The van der Waals surface area contributed by atoms with E-state index < -0.39 is 26.5 Å². The van der Waals surface area contributed by atoms with Crippen LogP contribution in [0.15, 0.2) is 24.3 Å². The van der Waals surface area contributed by atoms with Crippen molar-refractivity contribution in [2.24, 2.45) is 0 Å². The van der Waals surface area contributed by atoms with Gasteiger partial charge in [-0.15, -0.1) is 0 Å². The van der Waals surface area contributed by atoms with Gasteiger partial charge in [0.2, 0.25) is 0 Å². The molecule has 0 fully saturated rings. The summed E-state index contributed by atoms with van der Waals surface area (Å²) < 4.78 is 34.3. The quantitative estimate of drug-likeness (QED) is 0.0215. The summed E-state index contributed by atoms with van der Waals surface area (Å²) in [6, 6.07) is 0. The van der Waals surface area contributed by atoms with E-state index in [0.29, 0.717) is 17.4 Å². The zero-order valence-corrected chi connectivity index (χ0v) is 36.6. The molecule has 2 atom stereocenters. The molecule has 0 saturated carbocycles. The van der Waals surface area contributed by atoms with Gasteiger partial charge in [-0.1, -0.05) is 147 Å². The van der Waals surface area contributed by atoms with Crippen molar-refractivity contribution in [3.63, 3.8) is 0 Å². The van der Waals surface area contributed by atoms with E-state index in [2.05, 4.69) is 38.2 Å². The number of rotatable bonds is 40. The van der Waals surface area contributed by atoms with Gasteiger partial charge in [0, 0.05) is 12.8 Å². The molecule has 0 aliphatic carbocycles. The fourth-order valence-corrected chi connectivity index (χ4v) is 6.67. The standard InChI is InChI=1S/C44H84NO8P/c1-6-8-10-12-14-16-18-20-22-24-26-28-30-32-34-36-43(46)50-40-42(41-52-54(48,49)51-39-38-45(3,4)5)53-44(47)37-35-33-31-29-27-25-23-21-19-17-15-13-11-9-7-2/h12,14,17,19,42H,6-11,13,15-16,18,20-41H2,1-5H3/p+1/b14-12+,19-17+/t42-/m1/s1. The fraction of sp³-hybridized carbons (Fsp3) is 0.864. The average molecular weight is 787 g/mol. The van der Waals surface area contributed by atoms with Crippen LogP contribution in [0.1, 0.15) is 194 Å². The van der Waals surface area contributed by atoms with Gasteiger partial charge < -0.3 is 18.9 Å². The number of likely N-dealkylation sites (N-methyl/N-ethyl adjacent to an activating group) is 1. The minimum Gasteiger partial charge on any atom is -0.462 e. The molecule has 318 valence electrons. The van der Waals surface area contributed by atoms with Crippen molar-refractivity contribution in [3.8, 4) is 0 Å². The zero-order valence-electron chi connectivity index (χ0n) is 35.7. The van der Waals surface area contributed by atoms with Crippen molar-refractivity contribution < 1.29 is 42.1 Å². The summed E-state index contributed by atoms with van der Waals surface area (Å²) in [5.41, 5.74) is 0. The largest absolute Gasteiger partial charge is 0.472 e. The first-order valence-electron chi connectivity index (χ1n) is 22.1. The smallest absolute Gasteiger partial charge is 0.462 e. The third-order valence-corrected chi connectivity index (χ3v) is 10.4. The van der Waals surface area contributed by atoms with E-state index in [1.54, 1.807) is 0 Å². The number of allylic oxidation sites excluding steroid dienone is 4. The SMILES string of the molecule is CCCC/C=C/CCCCCCCCCCCC(=O)OC[C@H](COP(=O)(O)OCC[N+](C)(C)C)OC(=O)CCCCCCCCC/C=C/CCCCCC. The first-order chi connectivity index (χ1) is 26.0. The molecule has 1 unspecified atom stereocenters. The van der Waals surface area contributed by atoms with E-state index in [4.69, 9.17) is 18.5 Å². The number of esters is 2. The Morgan fingerprint density at radius 3 is 1.43 bits per heavy atom. The Hall–Kier alpha value is -1.51. The molecule has 0 radical (unpaired) electrons. The number of phosphoric ester groups is 1. The Bertz CT molecular complexity index is 980. The van der Waals surface area contributed by atoms with Crippen molar-refractivity contribution in [1.82, 2.24) is 0 Å². The topological polar surface area (TPSA) is 108 Å². The van der Waals surface area contributed by atoms with Crippen molar-refractivity contribution in [2.45, 2.75) is 200 Å². The van der Waals surface area contributed by atoms with Gasteiger partial charge in [-0.2, -0.15) is 0 Å². The van der Waals surface area contributed by atoms with Gasteiger partial charge in [-0.3, -0.25) is 18.6 Å². The second-order valence-electron chi connectivity index (χ2n) is 16.1. The molecule has 0 rings (SSSR count). The Morgan fingerprint density at radius 1 is 0.556 bits per heavy atom. The van der Waals surface area contributed by atoms with Gasteiger partial charge in [0.25, 0.3) is 0 Å². The number of hydrogen-bond donors (Lipinski definition) is 1. The molecule has 0 amide bonds. The Balaban J connectivity index is 4.35. The Labute approximate surface area is 332 Å². The molecule has 0 aliphatic rings. The zero-order chi connectivity index (χ0) is 40.0. The van der Waals surface area contributed by atoms with Crippen molar-refractivity contribution in [2.75, 3.05) is 47.5 Å². The predicted octanol–water partition coefficient (Wildman–Crippen LogP) is 12.4. The molecule has 1 N–H and O–H groups in total. The molecule has 9 nitrogen and oxygen atoms in total. The van der Waals surface area contributed by atoms with Crippen LogP contribution >= 0.6 is 7.82 Å². The van der Waals surface area contributed by atoms with E-state index in [-0.39, 0.29) is 32.0 Å². The molecule has 0 aromatic heterocycles. The van der Waals surface area contributed by atoms with Crippen molar-refractivity contribution in [1.29, 1.82) is 0 Å². The lowest BCUT2D eigenvalue weighted by Crippen LogP contribution is -2.37. The average Bonchev–Trinajstić information content (AvgIpc) is 3.12. The second-order valence-corrected chi connectivity index (χ2v) is 17.5. The summed E-state index contributed by atoms with van der Waals surface area (Å²) in [4.78, 5) is 35.3. The highest BCUT2D eigenvalue weighted by Gasteiger charge is 2.27. The van der Waals surface area contributed by atoms with Crippen LogP contribution in [0.5, 0.6) is 0 Å². The number of carbonyl (C=O) groups is 2. The molecule has 0 aromatic rings. The maximum absolute atomic E-state index is 12.7. The molecular formula is C44H85NO8P+. The molecular weight excluding hydrogens is 701 g/mol. The summed E-state index contributed by atoms with van der Waals surface area (Å²) in [5.74, 6) is -0.802. The predicted molar refractivity (Wildman–Crippen MR) is 224 cm³/mol. The first kappa shape index (κ1) is 52.5. The highest BCUT2D eigenvalue weighted by molar-refractivity contribution is 7.47. The number of unbranched alkanes of at least 4 members (excludes halogenated alkanes) is 22. The lowest BCUT2D eigenvalue weighted by molar-refractivity contribution is -0.870. The maximum atomic E-state index is 12.7. The van der Waals surface area contributed by atoms with Gasteiger partial charge in [0.15, 0.2) is 6.10 Å². The van der Waals surface area contributed by atoms with Gasteiger partial charge in [-0.25, -0.2) is 4.57 Å². The number of phosphoric acid groups is 1. The van der Waals surface area contributed by atoms with Crippen LogP contribution in [0.25, 0.3) is 0 Å². The Kier molecular flexibility index (Phi) is 36.1. The third-order valence-electron chi connectivity index (χ3n) is 9.45. The molecule has 0 heterocycles. The summed E-state index contributed by atoms with van der Waals surface area (Å²) in [5, 5.41) is 0. The Morgan fingerprint density at radius 2 is 0.963 bits per heavy atom. The first-order valence-corrected chi connectivity index (χ1v) is 23.6. The number of hydrogen-bond acceptors (Lipinski definition) is 7. The van der Waals surface area contributed by atoms with Crippen LogP contribution < -0.4 is 0 Å². The third kappa shape index (κ3) is 40.2.